The number of rotatable bonds is 3. The summed E-state index contributed by atoms with van der Waals surface area (Å²) in [6.07, 6.45) is -0.527. The highest BCUT2D eigenvalue weighted by Crippen LogP contribution is 2.24. The summed E-state index contributed by atoms with van der Waals surface area (Å²) in [7, 11) is 0. The molecular formula is C14H20Cl2N2O2. The molecule has 6 heteroatoms. The highest BCUT2D eigenvalue weighted by atomic mass is 35.5. The molecule has 1 aliphatic heterocycles. The molecule has 1 aromatic rings. The van der Waals surface area contributed by atoms with Gasteiger partial charge in [-0.15, -0.1) is 12.4 Å². The Morgan fingerprint density at radius 3 is 2.85 bits per heavy atom. The van der Waals surface area contributed by atoms with Crippen molar-refractivity contribution in [2.24, 2.45) is 0 Å². The number of amides is 1. The second-order valence-corrected chi connectivity index (χ2v) is 5.18. The van der Waals surface area contributed by atoms with Gasteiger partial charge in [0.1, 0.15) is 5.75 Å². The summed E-state index contributed by atoms with van der Waals surface area (Å²) in [4.78, 5) is 14.2. The lowest BCUT2D eigenvalue weighted by Gasteiger charge is -2.35. The number of nitrogens with zero attached hydrogens (tertiary/aromatic N) is 1. The number of nitrogens with one attached hydrogen (secondary N) is 1. The van der Waals surface area contributed by atoms with Crippen LogP contribution in [0.2, 0.25) is 5.02 Å². The van der Waals surface area contributed by atoms with Gasteiger partial charge in [-0.05, 0) is 26.0 Å². The molecule has 1 unspecified atom stereocenters. The van der Waals surface area contributed by atoms with Gasteiger partial charge >= 0.3 is 0 Å². The van der Waals surface area contributed by atoms with Crippen molar-refractivity contribution in [2.45, 2.75) is 26.0 Å². The summed E-state index contributed by atoms with van der Waals surface area (Å²) < 4.78 is 5.66. The third-order valence-electron chi connectivity index (χ3n) is 3.27. The number of carbonyl (C=O) groups is 1. The van der Waals surface area contributed by atoms with E-state index in [-0.39, 0.29) is 24.4 Å². The molecule has 1 saturated heterocycles. The fourth-order valence-electron chi connectivity index (χ4n) is 2.18. The van der Waals surface area contributed by atoms with Gasteiger partial charge in [-0.3, -0.25) is 4.79 Å². The van der Waals surface area contributed by atoms with Crippen LogP contribution in [-0.4, -0.2) is 42.6 Å². The van der Waals surface area contributed by atoms with E-state index in [9.17, 15) is 4.79 Å². The first kappa shape index (κ1) is 17.1. The van der Waals surface area contributed by atoms with Crippen molar-refractivity contribution >= 4 is 29.9 Å². The van der Waals surface area contributed by atoms with Gasteiger partial charge < -0.3 is 15.0 Å². The van der Waals surface area contributed by atoms with Gasteiger partial charge in [0.2, 0.25) is 0 Å². The summed E-state index contributed by atoms with van der Waals surface area (Å²) in [6.45, 7) is 6.17. The van der Waals surface area contributed by atoms with Crippen LogP contribution < -0.4 is 10.1 Å². The second kappa shape index (κ2) is 7.72. The zero-order valence-corrected chi connectivity index (χ0v) is 13.2. The van der Waals surface area contributed by atoms with Crippen molar-refractivity contribution < 1.29 is 9.53 Å². The van der Waals surface area contributed by atoms with Crippen LogP contribution in [0.5, 0.6) is 5.75 Å². The molecule has 2 atom stereocenters. The van der Waals surface area contributed by atoms with E-state index >= 15 is 0 Å². The smallest absolute Gasteiger partial charge is 0.263 e. The molecule has 0 aliphatic carbocycles. The number of ether oxygens (including phenoxy) is 1. The van der Waals surface area contributed by atoms with Crippen molar-refractivity contribution in [3.8, 4) is 5.75 Å². The van der Waals surface area contributed by atoms with Crippen molar-refractivity contribution in [3.63, 3.8) is 0 Å². The summed E-state index contributed by atoms with van der Waals surface area (Å²) in [6, 6.07) is 7.39. The van der Waals surface area contributed by atoms with E-state index in [1.54, 1.807) is 19.1 Å². The number of hydrogen-bond donors (Lipinski definition) is 1. The molecule has 4 nitrogen and oxygen atoms in total. The minimum atomic E-state index is -0.527. The molecule has 112 valence electrons. The molecule has 0 radical (unpaired) electrons. The summed E-state index contributed by atoms with van der Waals surface area (Å²) in [5.74, 6) is 0.557. The van der Waals surface area contributed by atoms with Gasteiger partial charge in [0.25, 0.3) is 5.91 Å². The number of halogens is 2. The Labute approximate surface area is 130 Å². The SMILES string of the molecule is CC(Oc1ccccc1Cl)C(=O)N1CCNC[C@@H]1C.Cl. The van der Waals surface area contributed by atoms with E-state index < -0.39 is 6.10 Å². The van der Waals surface area contributed by atoms with E-state index in [2.05, 4.69) is 5.32 Å². The number of hydrogen-bond acceptors (Lipinski definition) is 3. The molecule has 1 N–H and O–H groups in total. The Bertz CT molecular complexity index is 457. The predicted molar refractivity (Wildman–Crippen MR) is 82.8 cm³/mol. The molecule has 1 fully saturated rings. The molecule has 0 bridgehead atoms. The topological polar surface area (TPSA) is 41.6 Å². The van der Waals surface area contributed by atoms with Crippen LogP contribution in [-0.2, 0) is 4.79 Å². The predicted octanol–water partition coefficient (Wildman–Crippen LogP) is 2.35. The molecule has 0 spiro atoms. The Morgan fingerprint density at radius 1 is 1.50 bits per heavy atom. The lowest BCUT2D eigenvalue weighted by molar-refractivity contribution is -0.140. The average Bonchev–Trinajstić information content (AvgIpc) is 2.41. The summed E-state index contributed by atoms with van der Waals surface area (Å²) >= 11 is 6.03. The Balaban J connectivity index is 0.00000200. The molecule has 1 aliphatic rings. The maximum Gasteiger partial charge on any atom is 0.263 e. The monoisotopic (exact) mass is 318 g/mol. The Hall–Kier alpha value is -0.970. The van der Waals surface area contributed by atoms with Crippen molar-refractivity contribution in [1.29, 1.82) is 0 Å². The van der Waals surface area contributed by atoms with Gasteiger partial charge in [-0.2, -0.15) is 0 Å². The molecule has 1 amide bonds. The Morgan fingerprint density at radius 2 is 2.20 bits per heavy atom. The van der Waals surface area contributed by atoms with Gasteiger partial charge in [0.05, 0.1) is 5.02 Å². The third kappa shape index (κ3) is 4.01. The molecule has 0 saturated carbocycles. The summed E-state index contributed by atoms with van der Waals surface area (Å²) in [5.41, 5.74) is 0. The molecule has 20 heavy (non-hydrogen) atoms. The maximum atomic E-state index is 12.4. The van der Waals surface area contributed by atoms with Crippen LogP contribution in [0.3, 0.4) is 0 Å². The first-order valence-electron chi connectivity index (χ1n) is 6.52. The normalized spacial score (nSPS) is 19.9. The summed E-state index contributed by atoms with van der Waals surface area (Å²) in [5, 5.41) is 3.78. The fraction of sp³-hybridized carbons (Fsp3) is 0.500. The highest BCUT2D eigenvalue weighted by molar-refractivity contribution is 6.32. The number of para-hydroxylation sites is 1. The van der Waals surface area contributed by atoms with Crippen LogP contribution in [0.15, 0.2) is 24.3 Å². The van der Waals surface area contributed by atoms with Gasteiger partial charge in [-0.1, -0.05) is 23.7 Å². The molecule has 2 rings (SSSR count). The number of carbonyl (C=O) groups excluding carboxylic acids is 1. The standard InChI is InChI=1S/C14H19ClN2O2.ClH/c1-10-9-16-7-8-17(10)14(18)11(2)19-13-6-4-3-5-12(13)15;/h3-6,10-11,16H,7-9H2,1-2H3;1H/t10-,11?;/m0./s1. The lowest BCUT2D eigenvalue weighted by atomic mass is 10.2. The number of benzene rings is 1. The molecular weight excluding hydrogens is 299 g/mol. The van der Waals surface area contributed by atoms with Gasteiger partial charge in [-0.25, -0.2) is 0 Å². The quantitative estimate of drug-likeness (QED) is 0.930. The second-order valence-electron chi connectivity index (χ2n) is 4.78. The van der Waals surface area contributed by atoms with Crippen molar-refractivity contribution in [1.82, 2.24) is 10.2 Å². The average molecular weight is 319 g/mol. The zero-order chi connectivity index (χ0) is 13.8. The van der Waals surface area contributed by atoms with Crippen LogP contribution in [0.4, 0.5) is 0 Å². The number of piperazine rings is 1. The molecule has 1 heterocycles. The van der Waals surface area contributed by atoms with Gasteiger partial charge in [0.15, 0.2) is 6.10 Å². The van der Waals surface area contributed by atoms with E-state index in [1.165, 1.54) is 0 Å². The van der Waals surface area contributed by atoms with Crippen LogP contribution in [0.1, 0.15) is 13.8 Å². The van der Waals surface area contributed by atoms with E-state index in [0.717, 1.165) is 19.6 Å². The lowest BCUT2D eigenvalue weighted by Crippen LogP contribution is -2.55. The van der Waals surface area contributed by atoms with E-state index in [4.69, 9.17) is 16.3 Å². The maximum absolute atomic E-state index is 12.4. The Kier molecular flexibility index (Phi) is 6.59. The van der Waals surface area contributed by atoms with E-state index in [1.807, 2.05) is 24.0 Å². The van der Waals surface area contributed by atoms with Crippen LogP contribution in [0.25, 0.3) is 0 Å². The fourth-order valence-corrected chi connectivity index (χ4v) is 2.36. The minimum absolute atomic E-state index is 0. The molecule has 0 aromatic heterocycles. The zero-order valence-electron chi connectivity index (χ0n) is 11.6. The van der Waals surface area contributed by atoms with Crippen LogP contribution >= 0.6 is 24.0 Å². The van der Waals surface area contributed by atoms with Gasteiger partial charge in [0, 0.05) is 25.7 Å². The van der Waals surface area contributed by atoms with Crippen LogP contribution in [0, 0.1) is 0 Å². The van der Waals surface area contributed by atoms with Crippen molar-refractivity contribution in [2.75, 3.05) is 19.6 Å². The molecule has 1 aromatic carbocycles. The highest BCUT2D eigenvalue weighted by Gasteiger charge is 2.28. The minimum Gasteiger partial charge on any atom is -0.479 e. The first-order valence-corrected chi connectivity index (χ1v) is 6.90. The largest absolute Gasteiger partial charge is 0.479 e. The van der Waals surface area contributed by atoms with E-state index in [0.29, 0.717) is 10.8 Å². The van der Waals surface area contributed by atoms with Crippen molar-refractivity contribution in [3.05, 3.63) is 29.3 Å². The third-order valence-corrected chi connectivity index (χ3v) is 3.58. The first-order chi connectivity index (χ1) is 9.09.